The molecule has 0 radical (unpaired) electrons. The molecule has 0 heterocycles. The fraction of sp³-hybridized carbons (Fsp3) is 0.0612. The van der Waals surface area contributed by atoms with Gasteiger partial charge in [-0.25, -0.2) is 0 Å². The molecule has 230 valence electrons. The fourth-order valence-corrected chi connectivity index (χ4v) is 8.45. The highest BCUT2D eigenvalue weighted by atomic mass is 14.4. The zero-order valence-corrected chi connectivity index (χ0v) is 27.7. The predicted molar refractivity (Wildman–Crippen MR) is 210 cm³/mol. The molecule has 0 spiro atoms. The van der Waals surface area contributed by atoms with Crippen molar-refractivity contribution in [2.75, 3.05) is 0 Å². The monoisotopic (exact) mass is 622 g/mol. The molecule has 0 bridgehead atoms. The van der Waals surface area contributed by atoms with Gasteiger partial charge in [0.25, 0.3) is 0 Å². The number of hydrogen-bond donors (Lipinski definition) is 0. The van der Waals surface area contributed by atoms with Gasteiger partial charge in [-0.15, -0.1) is 0 Å². The molecule has 49 heavy (non-hydrogen) atoms. The van der Waals surface area contributed by atoms with Crippen molar-refractivity contribution < 1.29 is 0 Å². The van der Waals surface area contributed by atoms with E-state index >= 15 is 0 Å². The number of hydrogen-bond acceptors (Lipinski definition) is 0. The molecule has 0 fully saturated rings. The van der Waals surface area contributed by atoms with Gasteiger partial charge in [0, 0.05) is 5.41 Å². The third-order valence-corrected chi connectivity index (χ3v) is 11.0. The molecule has 0 nitrogen and oxygen atoms in total. The van der Waals surface area contributed by atoms with Gasteiger partial charge in [-0.1, -0.05) is 153 Å². The second kappa shape index (κ2) is 10.5. The van der Waals surface area contributed by atoms with E-state index in [9.17, 15) is 0 Å². The van der Waals surface area contributed by atoms with Gasteiger partial charge < -0.3 is 0 Å². The van der Waals surface area contributed by atoms with Crippen molar-refractivity contribution in [2.45, 2.75) is 19.3 Å². The Morgan fingerprint density at radius 2 is 0.816 bits per heavy atom. The molecule has 10 rings (SSSR count). The van der Waals surface area contributed by atoms with Crippen LogP contribution in [-0.2, 0) is 5.41 Å². The van der Waals surface area contributed by atoms with E-state index in [0.29, 0.717) is 0 Å². The van der Waals surface area contributed by atoms with Crippen LogP contribution in [0.4, 0.5) is 0 Å². The van der Waals surface area contributed by atoms with Crippen molar-refractivity contribution >= 4 is 43.1 Å². The third kappa shape index (κ3) is 4.31. The summed E-state index contributed by atoms with van der Waals surface area (Å²) < 4.78 is 0. The Labute approximate surface area is 286 Å². The first-order valence-electron chi connectivity index (χ1n) is 17.3. The summed E-state index contributed by atoms with van der Waals surface area (Å²) in [6, 6.07) is 63.2. The molecule has 1 aliphatic rings. The number of fused-ring (bicyclic) bond motifs is 8. The smallest absolute Gasteiger partial charge is 0.0159 e. The Bertz CT molecular complexity index is 2790. The van der Waals surface area contributed by atoms with Crippen molar-refractivity contribution in [2.24, 2.45) is 0 Å². The van der Waals surface area contributed by atoms with E-state index in [1.54, 1.807) is 0 Å². The third-order valence-electron chi connectivity index (χ3n) is 11.0. The standard InChI is InChI=1S/C49H34/c1-49(2)47-29-34(22-24-44(47)45-25-23-37(30-48(45)49)40-17-9-12-32-10-3-5-13-39(32)40)33-20-18-31-19-21-36(27-38(31)26-33)46-28-35-11-4-6-14-41(35)42-15-7-8-16-43(42)46/h3-30H,1-2H3. The predicted octanol–water partition coefficient (Wildman–Crippen LogP) is 13.6. The van der Waals surface area contributed by atoms with E-state index in [1.807, 2.05) is 0 Å². The molecule has 0 atom stereocenters. The summed E-state index contributed by atoms with van der Waals surface area (Å²) in [6.07, 6.45) is 0. The van der Waals surface area contributed by atoms with Crippen LogP contribution in [-0.4, -0.2) is 0 Å². The van der Waals surface area contributed by atoms with Crippen LogP contribution in [0.25, 0.3) is 87.6 Å². The number of rotatable bonds is 3. The topological polar surface area (TPSA) is 0 Å². The Hall–Kier alpha value is -5.98. The Morgan fingerprint density at radius 1 is 0.286 bits per heavy atom. The van der Waals surface area contributed by atoms with Gasteiger partial charge in [-0.2, -0.15) is 0 Å². The SMILES string of the molecule is CC1(C)c2cc(-c3ccc4ccc(-c5cc6ccccc6c6ccccc56)cc4c3)ccc2-c2ccc(-c3cccc4ccccc34)cc21. The van der Waals surface area contributed by atoms with Gasteiger partial charge in [0.05, 0.1) is 0 Å². The Morgan fingerprint density at radius 3 is 1.61 bits per heavy atom. The fourth-order valence-electron chi connectivity index (χ4n) is 8.45. The lowest BCUT2D eigenvalue weighted by molar-refractivity contribution is 0.661. The van der Waals surface area contributed by atoms with Crippen LogP contribution in [0.5, 0.6) is 0 Å². The van der Waals surface area contributed by atoms with Gasteiger partial charge >= 0.3 is 0 Å². The summed E-state index contributed by atoms with van der Waals surface area (Å²) >= 11 is 0. The first-order valence-corrected chi connectivity index (χ1v) is 17.3. The molecular formula is C49H34. The Balaban J connectivity index is 1.05. The largest absolute Gasteiger partial charge is 0.0616 e. The molecule has 0 N–H and O–H groups in total. The summed E-state index contributed by atoms with van der Waals surface area (Å²) in [4.78, 5) is 0. The van der Waals surface area contributed by atoms with E-state index in [0.717, 1.165) is 0 Å². The maximum atomic E-state index is 2.44. The summed E-state index contributed by atoms with van der Waals surface area (Å²) in [7, 11) is 0. The first kappa shape index (κ1) is 28.1. The molecule has 0 saturated carbocycles. The lowest BCUT2D eigenvalue weighted by atomic mass is 9.80. The highest BCUT2D eigenvalue weighted by Gasteiger charge is 2.36. The van der Waals surface area contributed by atoms with Crippen molar-refractivity contribution in [3.8, 4) is 44.5 Å². The Kier molecular flexibility index (Phi) is 6.02. The van der Waals surface area contributed by atoms with Gasteiger partial charge in [0.2, 0.25) is 0 Å². The molecule has 0 heteroatoms. The van der Waals surface area contributed by atoms with Crippen molar-refractivity contribution in [3.63, 3.8) is 0 Å². The summed E-state index contributed by atoms with van der Waals surface area (Å²) in [6.45, 7) is 4.77. The molecule has 0 saturated heterocycles. The maximum Gasteiger partial charge on any atom is 0.0159 e. The quantitative estimate of drug-likeness (QED) is 0.172. The van der Waals surface area contributed by atoms with Crippen LogP contribution >= 0.6 is 0 Å². The average molecular weight is 623 g/mol. The molecule has 0 aromatic heterocycles. The zero-order valence-electron chi connectivity index (χ0n) is 27.7. The van der Waals surface area contributed by atoms with E-state index in [1.165, 1.54) is 98.7 Å². The van der Waals surface area contributed by atoms with Gasteiger partial charge in [0.1, 0.15) is 0 Å². The van der Waals surface area contributed by atoms with Crippen LogP contribution < -0.4 is 0 Å². The highest BCUT2D eigenvalue weighted by molar-refractivity contribution is 6.14. The van der Waals surface area contributed by atoms with E-state index in [-0.39, 0.29) is 5.41 Å². The van der Waals surface area contributed by atoms with Crippen LogP contribution in [0.3, 0.4) is 0 Å². The average Bonchev–Trinajstić information content (AvgIpc) is 3.38. The van der Waals surface area contributed by atoms with Crippen LogP contribution in [0.1, 0.15) is 25.0 Å². The van der Waals surface area contributed by atoms with Crippen molar-refractivity contribution in [1.82, 2.24) is 0 Å². The minimum absolute atomic E-state index is 0.109. The highest BCUT2D eigenvalue weighted by Crippen LogP contribution is 2.51. The van der Waals surface area contributed by atoms with Crippen LogP contribution in [0, 0.1) is 0 Å². The summed E-state index contributed by atoms with van der Waals surface area (Å²) in [5.74, 6) is 0. The van der Waals surface area contributed by atoms with Gasteiger partial charge in [-0.3, -0.25) is 0 Å². The molecule has 0 unspecified atom stereocenters. The van der Waals surface area contributed by atoms with Crippen LogP contribution in [0.15, 0.2) is 170 Å². The van der Waals surface area contributed by atoms with E-state index in [4.69, 9.17) is 0 Å². The summed E-state index contributed by atoms with van der Waals surface area (Å²) in [5.41, 5.74) is 13.0. The molecular weight excluding hydrogens is 589 g/mol. The molecule has 9 aromatic carbocycles. The molecule has 0 amide bonds. The molecule has 9 aromatic rings. The molecule has 1 aliphatic carbocycles. The van der Waals surface area contributed by atoms with Crippen molar-refractivity contribution in [1.29, 1.82) is 0 Å². The normalized spacial score (nSPS) is 13.3. The minimum atomic E-state index is -0.109. The minimum Gasteiger partial charge on any atom is -0.0616 e. The van der Waals surface area contributed by atoms with Gasteiger partial charge in [-0.05, 0) is 129 Å². The number of benzene rings is 9. The van der Waals surface area contributed by atoms with Crippen LogP contribution in [0.2, 0.25) is 0 Å². The summed E-state index contributed by atoms with van der Waals surface area (Å²) in [5, 5.41) is 10.3. The maximum absolute atomic E-state index is 2.44. The van der Waals surface area contributed by atoms with E-state index < -0.39 is 0 Å². The lowest BCUT2D eigenvalue weighted by Crippen LogP contribution is -2.15. The second-order valence-corrected chi connectivity index (χ2v) is 14.1. The zero-order chi connectivity index (χ0) is 32.7. The lowest BCUT2D eigenvalue weighted by Gasteiger charge is -2.23. The first-order chi connectivity index (χ1) is 24.0. The molecule has 0 aliphatic heterocycles. The van der Waals surface area contributed by atoms with Gasteiger partial charge in [0.15, 0.2) is 0 Å². The van der Waals surface area contributed by atoms with E-state index in [2.05, 4.69) is 184 Å². The van der Waals surface area contributed by atoms with Crippen molar-refractivity contribution in [3.05, 3.63) is 181 Å². The second-order valence-electron chi connectivity index (χ2n) is 14.1.